The first-order valence-corrected chi connectivity index (χ1v) is 24.1. The van der Waals surface area contributed by atoms with E-state index in [1.807, 2.05) is 0 Å². The summed E-state index contributed by atoms with van der Waals surface area (Å²) in [6.45, 7) is 14.0. The van der Waals surface area contributed by atoms with Crippen molar-refractivity contribution in [2.75, 3.05) is 4.90 Å². The molecule has 10 aromatic carbocycles. The second-order valence-electron chi connectivity index (χ2n) is 20.5. The molecule has 0 heterocycles. The quantitative estimate of drug-likeness (QED) is 0.147. The highest BCUT2D eigenvalue weighted by molar-refractivity contribution is 6.09. The maximum Gasteiger partial charge on any atom is 0.0714 e. The molecule has 0 amide bonds. The lowest BCUT2D eigenvalue weighted by molar-refractivity contribution is 0.569. The van der Waals surface area contributed by atoms with Crippen LogP contribution in [0.1, 0.15) is 74.9 Å². The van der Waals surface area contributed by atoms with Gasteiger partial charge in [0.2, 0.25) is 0 Å². The van der Waals surface area contributed by atoms with Crippen LogP contribution in [0.5, 0.6) is 0 Å². The molecule has 1 aliphatic carbocycles. The van der Waals surface area contributed by atoms with Crippen LogP contribution >= 0.6 is 0 Å². The van der Waals surface area contributed by atoms with Crippen LogP contribution in [0.25, 0.3) is 55.3 Å². The summed E-state index contributed by atoms with van der Waals surface area (Å²) in [5.41, 5.74) is 20.2. The summed E-state index contributed by atoms with van der Waals surface area (Å²) in [5.74, 6) is 0. The molecule has 330 valence electrons. The number of para-hydroxylation sites is 2. The average molecular weight is 876 g/mol. The highest BCUT2D eigenvalue weighted by Crippen LogP contribution is 2.58. The largest absolute Gasteiger partial charge is 0.309 e. The lowest BCUT2D eigenvalue weighted by atomic mass is 9.67. The topological polar surface area (TPSA) is 3.24 Å². The van der Waals surface area contributed by atoms with Gasteiger partial charge in [0.1, 0.15) is 0 Å². The molecule has 0 unspecified atom stereocenters. The van der Waals surface area contributed by atoms with E-state index in [9.17, 15) is 0 Å². The number of nitrogens with zero attached hydrogens (tertiary/aromatic N) is 1. The molecule has 1 heteroatoms. The highest BCUT2D eigenvalue weighted by Gasteiger charge is 2.46. The number of benzene rings is 10. The van der Waals surface area contributed by atoms with Gasteiger partial charge in [0, 0.05) is 16.8 Å². The molecule has 0 saturated carbocycles. The lowest BCUT2D eigenvalue weighted by Crippen LogP contribution is -2.28. The fourth-order valence-electron chi connectivity index (χ4n) is 10.9. The molecule has 1 nitrogen and oxygen atoms in total. The Labute approximate surface area is 403 Å². The molecule has 0 aromatic heterocycles. The molecule has 0 bridgehead atoms. The van der Waals surface area contributed by atoms with Crippen molar-refractivity contribution in [2.45, 2.75) is 57.8 Å². The zero-order chi connectivity index (χ0) is 46.6. The maximum atomic E-state index is 2.53. The van der Waals surface area contributed by atoms with E-state index in [0.29, 0.717) is 0 Å². The minimum Gasteiger partial charge on any atom is -0.309 e. The molecule has 0 saturated heterocycles. The lowest BCUT2D eigenvalue weighted by Gasteiger charge is -2.35. The third-order valence-corrected chi connectivity index (χ3v) is 14.2. The summed E-state index contributed by atoms with van der Waals surface area (Å²) in [5, 5.41) is 2.47. The van der Waals surface area contributed by atoms with E-state index in [-0.39, 0.29) is 10.8 Å². The first kappa shape index (κ1) is 42.9. The Bertz CT molecular complexity index is 3380. The van der Waals surface area contributed by atoms with Crippen LogP contribution in [-0.4, -0.2) is 0 Å². The fourth-order valence-corrected chi connectivity index (χ4v) is 10.9. The molecule has 10 aromatic rings. The maximum absolute atomic E-state index is 2.53. The van der Waals surface area contributed by atoms with Gasteiger partial charge in [0.25, 0.3) is 0 Å². The molecule has 1 aliphatic rings. The van der Waals surface area contributed by atoms with Crippen molar-refractivity contribution >= 4 is 27.8 Å². The van der Waals surface area contributed by atoms with Crippen molar-refractivity contribution in [2.24, 2.45) is 0 Å². The molecule has 0 aliphatic heterocycles. The van der Waals surface area contributed by atoms with Crippen LogP contribution in [0, 0.1) is 0 Å². The molecular formula is C67H57N. The summed E-state index contributed by atoms with van der Waals surface area (Å²) < 4.78 is 0. The minimum absolute atomic E-state index is 0.0154. The van der Waals surface area contributed by atoms with Crippen LogP contribution in [0.4, 0.5) is 17.1 Å². The number of anilines is 3. The van der Waals surface area contributed by atoms with Crippen molar-refractivity contribution in [3.05, 3.63) is 270 Å². The monoisotopic (exact) mass is 875 g/mol. The van der Waals surface area contributed by atoms with Gasteiger partial charge in [0.15, 0.2) is 0 Å². The Morgan fingerprint density at radius 3 is 1.40 bits per heavy atom. The summed E-state index contributed by atoms with van der Waals surface area (Å²) in [6.07, 6.45) is 0. The summed E-state index contributed by atoms with van der Waals surface area (Å²) >= 11 is 0. The normalized spacial score (nSPS) is 13.0. The predicted molar refractivity (Wildman–Crippen MR) is 290 cm³/mol. The second-order valence-corrected chi connectivity index (χ2v) is 20.5. The van der Waals surface area contributed by atoms with Crippen LogP contribution in [0.3, 0.4) is 0 Å². The van der Waals surface area contributed by atoms with Gasteiger partial charge in [-0.3, -0.25) is 0 Å². The Hall–Kier alpha value is -7.74. The van der Waals surface area contributed by atoms with E-state index in [0.717, 1.165) is 28.2 Å². The van der Waals surface area contributed by atoms with E-state index in [2.05, 4.69) is 283 Å². The van der Waals surface area contributed by atoms with E-state index >= 15 is 0 Å². The molecule has 68 heavy (non-hydrogen) atoms. The van der Waals surface area contributed by atoms with Crippen LogP contribution < -0.4 is 4.90 Å². The zero-order valence-corrected chi connectivity index (χ0v) is 40.0. The first-order valence-electron chi connectivity index (χ1n) is 24.1. The molecule has 0 spiro atoms. The van der Waals surface area contributed by atoms with E-state index in [1.54, 1.807) is 0 Å². The third-order valence-electron chi connectivity index (χ3n) is 14.2. The number of hydrogen-bond donors (Lipinski definition) is 0. The molecule has 0 radical (unpaired) electrons. The van der Waals surface area contributed by atoms with Crippen molar-refractivity contribution in [1.82, 2.24) is 0 Å². The molecule has 0 fully saturated rings. The van der Waals surface area contributed by atoms with Crippen molar-refractivity contribution in [3.8, 4) is 44.5 Å². The van der Waals surface area contributed by atoms with Gasteiger partial charge in [-0.15, -0.1) is 0 Å². The van der Waals surface area contributed by atoms with Crippen LogP contribution in [-0.2, 0) is 16.2 Å². The molecular weight excluding hydrogens is 819 g/mol. The highest BCUT2D eigenvalue weighted by atomic mass is 15.1. The Balaban J connectivity index is 1.21. The Morgan fingerprint density at radius 1 is 0.324 bits per heavy atom. The third kappa shape index (κ3) is 7.26. The second kappa shape index (κ2) is 16.8. The van der Waals surface area contributed by atoms with Crippen molar-refractivity contribution in [1.29, 1.82) is 0 Å². The summed E-state index contributed by atoms with van der Waals surface area (Å²) in [6, 6.07) is 88.2. The van der Waals surface area contributed by atoms with E-state index in [1.165, 1.54) is 77.5 Å². The van der Waals surface area contributed by atoms with Gasteiger partial charge in [-0.05, 0) is 113 Å². The molecule has 11 rings (SSSR count). The standard InChI is InChI=1S/C67H57N/c1-65(2,3)51-42-48(43-52(44-51)66(4,5)6)55-35-22-26-47-27-23-36-59(64(47)55)58-34-18-21-39-63(58)68(62-38-20-17-32-54(62)46-24-10-7-11-25-46)53-40-41-57-56-33-16-19-37-60(56)67(61(57)45-53,49-28-12-8-13-29-49)50-30-14-9-15-31-50/h7-45H,1-6H3. The Kier molecular flexibility index (Phi) is 10.6. The van der Waals surface area contributed by atoms with Gasteiger partial charge in [-0.25, -0.2) is 0 Å². The van der Waals surface area contributed by atoms with Gasteiger partial charge in [0.05, 0.1) is 16.8 Å². The van der Waals surface area contributed by atoms with Gasteiger partial charge >= 0.3 is 0 Å². The van der Waals surface area contributed by atoms with E-state index in [4.69, 9.17) is 0 Å². The van der Waals surface area contributed by atoms with Gasteiger partial charge < -0.3 is 4.90 Å². The van der Waals surface area contributed by atoms with Crippen LogP contribution in [0.2, 0.25) is 0 Å². The summed E-state index contributed by atoms with van der Waals surface area (Å²) in [7, 11) is 0. The van der Waals surface area contributed by atoms with Gasteiger partial charge in [-0.1, -0.05) is 254 Å². The van der Waals surface area contributed by atoms with E-state index < -0.39 is 5.41 Å². The predicted octanol–water partition coefficient (Wildman–Crippen LogP) is 18.3. The number of fused-ring (bicyclic) bond motifs is 4. The molecule has 0 atom stereocenters. The SMILES string of the molecule is CC(C)(C)c1cc(-c2cccc3cccc(-c4ccccc4N(c4ccc5c(c4)C(c4ccccc4)(c4ccccc4)c4ccccc4-5)c4ccccc4-c4ccccc4)c23)cc(C(C)(C)C)c1. The molecule has 0 N–H and O–H groups in total. The Morgan fingerprint density at radius 2 is 0.794 bits per heavy atom. The van der Waals surface area contributed by atoms with Crippen molar-refractivity contribution in [3.63, 3.8) is 0 Å². The van der Waals surface area contributed by atoms with Crippen LogP contribution in [0.15, 0.2) is 237 Å². The fraction of sp³-hybridized carbons (Fsp3) is 0.134. The number of hydrogen-bond acceptors (Lipinski definition) is 1. The zero-order valence-electron chi connectivity index (χ0n) is 40.0. The smallest absolute Gasteiger partial charge is 0.0714 e. The average Bonchev–Trinajstić information content (AvgIpc) is 3.67. The number of rotatable bonds is 8. The van der Waals surface area contributed by atoms with Crippen molar-refractivity contribution < 1.29 is 0 Å². The first-order chi connectivity index (χ1) is 33.0. The van der Waals surface area contributed by atoms with Gasteiger partial charge in [-0.2, -0.15) is 0 Å². The minimum atomic E-state index is -0.549. The summed E-state index contributed by atoms with van der Waals surface area (Å²) in [4.78, 5) is 2.53.